The predicted octanol–water partition coefficient (Wildman–Crippen LogP) is 1.18. The number of piperidine rings is 1. The van der Waals surface area contributed by atoms with Gasteiger partial charge in [0.1, 0.15) is 17.5 Å². The number of ether oxygens (including phenoxy) is 2. The van der Waals surface area contributed by atoms with Gasteiger partial charge < -0.3 is 25.4 Å². The van der Waals surface area contributed by atoms with Gasteiger partial charge in [-0.05, 0) is 30.9 Å². The fraction of sp³-hybridized carbons (Fsp3) is 0.550. The first kappa shape index (κ1) is 21.5. The molecule has 1 atom stereocenters. The molecule has 0 saturated carbocycles. The van der Waals surface area contributed by atoms with Crippen LogP contribution in [0.1, 0.15) is 37.0 Å². The van der Waals surface area contributed by atoms with E-state index in [2.05, 4.69) is 5.32 Å². The van der Waals surface area contributed by atoms with Crippen molar-refractivity contribution in [2.75, 3.05) is 27.3 Å². The molecule has 0 spiro atoms. The van der Waals surface area contributed by atoms with Crippen LogP contribution < -0.4 is 20.5 Å². The van der Waals surface area contributed by atoms with Crippen LogP contribution in [0.4, 0.5) is 0 Å². The van der Waals surface area contributed by atoms with Crippen molar-refractivity contribution >= 4 is 17.7 Å². The minimum absolute atomic E-state index is 0.0992. The zero-order valence-corrected chi connectivity index (χ0v) is 16.9. The van der Waals surface area contributed by atoms with Crippen LogP contribution >= 0.6 is 0 Å². The van der Waals surface area contributed by atoms with Crippen LogP contribution in [-0.4, -0.2) is 56.0 Å². The summed E-state index contributed by atoms with van der Waals surface area (Å²) in [7, 11) is 3.01. The summed E-state index contributed by atoms with van der Waals surface area (Å²) in [6.07, 6.45) is 1.10. The average molecular weight is 391 g/mol. The number of methoxy groups -OCH3 is 2. The number of nitrogens with one attached hydrogen (secondary N) is 1. The average Bonchev–Trinajstić information content (AvgIpc) is 2.70. The lowest BCUT2D eigenvalue weighted by Gasteiger charge is -2.34. The summed E-state index contributed by atoms with van der Waals surface area (Å²) in [4.78, 5) is 38.8. The van der Waals surface area contributed by atoms with E-state index in [1.807, 2.05) is 13.8 Å². The standard InChI is InChI=1S/C20H29N3O5/c1-12(2)17(20(26)23-7-5-13(6-8-23)18(21)24)22-19(25)14-9-15(27-3)11-16(10-14)28-4/h9-13,17H,5-8H2,1-4H3,(H2,21,24)(H,22,25)/t17-/m0/s1. The Bertz CT molecular complexity index is 704. The molecule has 8 heteroatoms. The van der Waals surface area contributed by atoms with Crippen molar-refractivity contribution in [2.24, 2.45) is 17.6 Å². The second-order valence-electron chi connectivity index (χ2n) is 7.30. The molecule has 3 amide bonds. The quantitative estimate of drug-likeness (QED) is 0.725. The number of hydrogen-bond acceptors (Lipinski definition) is 5. The molecule has 0 radical (unpaired) electrons. The first-order valence-electron chi connectivity index (χ1n) is 9.38. The SMILES string of the molecule is COc1cc(OC)cc(C(=O)N[C@H](C(=O)N2CCC(C(N)=O)CC2)C(C)C)c1. The molecule has 1 aromatic rings. The van der Waals surface area contributed by atoms with Gasteiger partial charge in [0.05, 0.1) is 14.2 Å². The molecule has 1 saturated heterocycles. The van der Waals surface area contributed by atoms with Gasteiger partial charge in [-0.2, -0.15) is 0 Å². The minimum atomic E-state index is -0.671. The smallest absolute Gasteiger partial charge is 0.252 e. The first-order chi connectivity index (χ1) is 13.3. The summed E-state index contributed by atoms with van der Waals surface area (Å²) in [5.74, 6) is -0.167. The fourth-order valence-corrected chi connectivity index (χ4v) is 3.26. The van der Waals surface area contributed by atoms with Crippen LogP contribution in [-0.2, 0) is 9.59 Å². The number of benzene rings is 1. The van der Waals surface area contributed by atoms with Crippen LogP contribution in [0.15, 0.2) is 18.2 Å². The Morgan fingerprint density at radius 1 is 1.07 bits per heavy atom. The number of carbonyl (C=O) groups excluding carboxylic acids is 3. The molecule has 0 aromatic heterocycles. The van der Waals surface area contributed by atoms with E-state index in [0.717, 1.165) is 0 Å². The van der Waals surface area contributed by atoms with E-state index in [9.17, 15) is 14.4 Å². The lowest BCUT2D eigenvalue weighted by Crippen LogP contribution is -2.53. The number of rotatable bonds is 7. The Morgan fingerprint density at radius 2 is 1.61 bits per heavy atom. The first-order valence-corrected chi connectivity index (χ1v) is 9.38. The molecule has 0 aliphatic carbocycles. The van der Waals surface area contributed by atoms with Crippen molar-refractivity contribution in [2.45, 2.75) is 32.7 Å². The monoisotopic (exact) mass is 391 g/mol. The van der Waals surface area contributed by atoms with Crippen molar-refractivity contribution in [1.82, 2.24) is 10.2 Å². The van der Waals surface area contributed by atoms with Crippen LogP contribution in [0.3, 0.4) is 0 Å². The predicted molar refractivity (Wildman–Crippen MR) is 104 cm³/mol. The zero-order valence-electron chi connectivity index (χ0n) is 16.9. The summed E-state index contributed by atoms with van der Waals surface area (Å²) in [5, 5.41) is 2.83. The summed E-state index contributed by atoms with van der Waals surface area (Å²) < 4.78 is 10.4. The van der Waals surface area contributed by atoms with Crippen LogP contribution in [0.5, 0.6) is 11.5 Å². The Morgan fingerprint density at radius 3 is 2.04 bits per heavy atom. The van der Waals surface area contributed by atoms with Crippen molar-refractivity contribution in [3.05, 3.63) is 23.8 Å². The Labute approximate surface area is 165 Å². The van der Waals surface area contributed by atoms with Crippen molar-refractivity contribution in [3.63, 3.8) is 0 Å². The van der Waals surface area contributed by atoms with E-state index in [1.165, 1.54) is 14.2 Å². The van der Waals surface area contributed by atoms with E-state index in [4.69, 9.17) is 15.2 Å². The summed E-state index contributed by atoms with van der Waals surface area (Å²) >= 11 is 0. The van der Waals surface area contributed by atoms with Gasteiger partial charge in [-0.3, -0.25) is 14.4 Å². The fourth-order valence-electron chi connectivity index (χ4n) is 3.26. The lowest BCUT2D eigenvalue weighted by atomic mass is 9.94. The van der Waals surface area contributed by atoms with Gasteiger partial charge in [0.15, 0.2) is 0 Å². The van der Waals surface area contributed by atoms with E-state index in [1.54, 1.807) is 23.1 Å². The summed E-state index contributed by atoms with van der Waals surface area (Å²) in [6, 6.07) is 4.19. The molecule has 3 N–H and O–H groups in total. The number of nitrogens with two attached hydrogens (primary N) is 1. The van der Waals surface area contributed by atoms with Crippen LogP contribution in [0, 0.1) is 11.8 Å². The van der Waals surface area contributed by atoms with Crippen molar-refractivity contribution in [1.29, 1.82) is 0 Å². The van der Waals surface area contributed by atoms with Crippen LogP contribution in [0.2, 0.25) is 0 Å². The molecule has 1 heterocycles. The maximum Gasteiger partial charge on any atom is 0.252 e. The van der Waals surface area contributed by atoms with E-state index in [0.29, 0.717) is 43.0 Å². The maximum absolute atomic E-state index is 13.0. The number of primary amides is 1. The normalized spacial score (nSPS) is 15.8. The second-order valence-corrected chi connectivity index (χ2v) is 7.30. The summed E-state index contributed by atoms with van der Waals surface area (Å²) in [5.41, 5.74) is 5.70. The van der Waals surface area contributed by atoms with E-state index >= 15 is 0 Å². The molecule has 0 bridgehead atoms. The Hall–Kier alpha value is -2.77. The highest BCUT2D eigenvalue weighted by atomic mass is 16.5. The summed E-state index contributed by atoms with van der Waals surface area (Å²) in [6.45, 7) is 4.67. The molecular formula is C20H29N3O5. The number of amides is 3. The molecule has 1 aliphatic rings. The molecule has 1 fully saturated rings. The van der Waals surface area contributed by atoms with Gasteiger partial charge in [-0.15, -0.1) is 0 Å². The molecule has 154 valence electrons. The van der Waals surface area contributed by atoms with Gasteiger partial charge in [0, 0.05) is 30.6 Å². The third-order valence-corrected chi connectivity index (χ3v) is 5.04. The molecular weight excluding hydrogens is 362 g/mol. The third-order valence-electron chi connectivity index (χ3n) is 5.04. The van der Waals surface area contributed by atoms with Gasteiger partial charge in [-0.25, -0.2) is 0 Å². The second kappa shape index (κ2) is 9.43. The highest BCUT2D eigenvalue weighted by molar-refractivity contribution is 5.98. The van der Waals surface area contributed by atoms with Crippen molar-refractivity contribution < 1.29 is 23.9 Å². The third kappa shape index (κ3) is 5.15. The Balaban J connectivity index is 2.11. The number of nitrogens with zero attached hydrogens (tertiary/aromatic N) is 1. The zero-order chi connectivity index (χ0) is 20.8. The topological polar surface area (TPSA) is 111 Å². The highest BCUT2D eigenvalue weighted by Gasteiger charge is 2.32. The van der Waals surface area contributed by atoms with Gasteiger partial charge in [0.2, 0.25) is 11.8 Å². The van der Waals surface area contributed by atoms with Gasteiger partial charge in [0.25, 0.3) is 5.91 Å². The van der Waals surface area contributed by atoms with Gasteiger partial charge >= 0.3 is 0 Å². The molecule has 0 unspecified atom stereocenters. The Kier molecular flexibility index (Phi) is 7.25. The highest BCUT2D eigenvalue weighted by Crippen LogP contribution is 2.23. The molecule has 8 nitrogen and oxygen atoms in total. The maximum atomic E-state index is 13.0. The molecule has 1 aromatic carbocycles. The van der Waals surface area contributed by atoms with Crippen molar-refractivity contribution in [3.8, 4) is 11.5 Å². The van der Waals surface area contributed by atoms with E-state index < -0.39 is 6.04 Å². The lowest BCUT2D eigenvalue weighted by molar-refractivity contribution is -0.137. The number of likely N-dealkylation sites (tertiary alicyclic amines) is 1. The number of carbonyl (C=O) groups is 3. The largest absolute Gasteiger partial charge is 0.497 e. The number of hydrogen-bond donors (Lipinski definition) is 2. The molecule has 2 rings (SSSR count). The van der Waals surface area contributed by atoms with Crippen LogP contribution in [0.25, 0.3) is 0 Å². The molecule has 28 heavy (non-hydrogen) atoms. The molecule has 1 aliphatic heterocycles. The van der Waals surface area contributed by atoms with E-state index in [-0.39, 0.29) is 29.6 Å². The minimum Gasteiger partial charge on any atom is -0.497 e. The van der Waals surface area contributed by atoms with Gasteiger partial charge in [-0.1, -0.05) is 13.8 Å².